The highest BCUT2D eigenvalue weighted by atomic mass is 35.5. The molecule has 1 fully saturated rings. The summed E-state index contributed by atoms with van der Waals surface area (Å²) in [5.74, 6) is 0.850. The number of nitrogen functional groups attached to an aromatic ring is 1. The van der Waals surface area contributed by atoms with E-state index in [0.29, 0.717) is 17.4 Å². The molecular formula is C10H15ClN4O. The Morgan fingerprint density at radius 2 is 2.44 bits per heavy atom. The maximum absolute atomic E-state index is 5.97. The summed E-state index contributed by atoms with van der Waals surface area (Å²) in [5.41, 5.74) is 5.45. The number of aromatic nitrogens is 2. The minimum atomic E-state index is -0.136. The topological polar surface area (TPSA) is 73.1 Å². The smallest absolute Gasteiger partial charge is 0.150 e. The van der Waals surface area contributed by atoms with Crippen LogP contribution in [0, 0.1) is 0 Å². The zero-order chi connectivity index (χ0) is 11.6. The summed E-state index contributed by atoms with van der Waals surface area (Å²) < 4.78 is 5.65. The third-order valence-corrected chi connectivity index (χ3v) is 3.12. The third kappa shape index (κ3) is 2.36. The number of hydrogen-bond acceptors (Lipinski definition) is 5. The van der Waals surface area contributed by atoms with Crippen LogP contribution in [-0.4, -0.2) is 28.7 Å². The molecule has 1 atom stereocenters. The van der Waals surface area contributed by atoms with E-state index in [1.165, 1.54) is 6.33 Å². The molecule has 6 heteroatoms. The summed E-state index contributed by atoms with van der Waals surface area (Å²) in [6.45, 7) is 3.56. The van der Waals surface area contributed by atoms with Crippen LogP contribution in [0.4, 0.5) is 11.6 Å². The fourth-order valence-electron chi connectivity index (χ4n) is 1.75. The lowest BCUT2D eigenvalue weighted by atomic mass is 10.0. The van der Waals surface area contributed by atoms with Crippen LogP contribution in [0.2, 0.25) is 5.02 Å². The summed E-state index contributed by atoms with van der Waals surface area (Å²) in [7, 11) is 0. The number of ether oxygens (including phenoxy) is 1. The Bertz CT molecular complexity index is 379. The van der Waals surface area contributed by atoms with E-state index < -0.39 is 0 Å². The minimum Gasteiger partial charge on any atom is -0.382 e. The van der Waals surface area contributed by atoms with Crippen LogP contribution >= 0.6 is 11.6 Å². The molecule has 1 saturated heterocycles. The molecule has 0 bridgehead atoms. The second-order valence-electron chi connectivity index (χ2n) is 4.18. The molecule has 3 N–H and O–H groups in total. The van der Waals surface area contributed by atoms with E-state index in [2.05, 4.69) is 22.2 Å². The molecule has 0 spiro atoms. The van der Waals surface area contributed by atoms with Crippen molar-refractivity contribution in [3.63, 3.8) is 0 Å². The normalized spacial score (nSPS) is 24.6. The molecule has 1 aromatic heterocycles. The van der Waals surface area contributed by atoms with Crippen LogP contribution in [0.25, 0.3) is 0 Å². The molecule has 16 heavy (non-hydrogen) atoms. The minimum absolute atomic E-state index is 0.136. The summed E-state index contributed by atoms with van der Waals surface area (Å²) in [6.07, 6.45) is 3.53. The van der Waals surface area contributed by atoms with E-state index in [-0.39, 0.29) is 11.4 Å². The average molecular weight is 243 g/mol. The van der Waals surface area contributed by atoms with E-state index in [9.17, 15) is 0 Å². The van der Waals surface area contributed by atoms with Gasteiger partial charge in [-0.25, -0.2) is 9.97 Å². The van der Waals surface area contributed by atoms with Crippen molar-refractivity contribution >= 4 is 23.2 Å². The van der Waals surface area contributed by atoms with Gasteiger partial charge in [0.2, 0.25) is 0 Å². The zero-order valence-electron chi connectivity index (χ0n) is 9.16. The van der Waals surface area contributed by atoms with Gasteiger partial charge in [0.25, 0.3) is 0 Å². The van der Waals surface area contributed by atoms with Gasteiger partial charge in [-0.2, -0.15) is 0 Å². The highest BCUT2D eigenvalue weighted by Gasteiger charge is 2.29. The molecule has 2 heterocycles. The van der Waals surface area contributed by atoms with E-state index in [4.69, 9.17) is 22.1 Å². The molecule has 0 amide bonds. The maximum Gasteiger partial charge on any atom is 0.150 e. The molecule has 1 aliphatic heterocycles. The van der Waals surface area contributed by atoms with Crippen molar-refractivity contribution < 1.29 is 4.74 Å². The van der Waals surface area contributed by atoms with Gasteiger partial charge in [0, 0.05) is 13.2 Å². The fraction of sp³-hybridized carbons (Fsp3) is 0.600. The molecule has 1 aromatic rings. The third-order valence-electron chi connectivity index (χ3n) is 2.75. The molecule has 1 aliphatic rings. The molecule has 0 aliphatic carbocycles. The van der Waals surface area contributed by atoms with Crippen molar-refractivity contribution in [1.82, 2.24) is 9.97 Å². The lowest BCUT2D eigenvalue weighted by Crippen LogP contribution is -2.32. The number of halogens is 1. The van der Waals surface area contributed by atoms with Crippen LogP contribution in [-0.2, 0) is 4.74 Å². The Hall–Kier alpha value is -1.07. The van der Waals surface area contributed by atoms with Gasteiger partial charge >= 0.3 is 0 Å². The lowest BCUT2D eigenvalue weighted by Gasteiger charge is -2.23. The second-order valence-corrected chi connectivity index (χ2v) is 4.55. The standard InChI is InChI=1S/C10H15ClN4O/c1-10(3-2-4-16-10)5-13-9-7(11)8(12)14-6-15-9/h6H,2-5H2,1H3,(H3,12,13,14,15). The molecule has 0 radical (unpaired) electrons. The van der Waals surface area contributed by atoms with E-state index in [0.717, 1.165) is 19.4 Å². The van der Waals surface area contributed by atoms with Gasteiger partial charge in [0.15, 0.2) is 5.82 Å². The number of nitrogens with zero attached hydrogens (tertiary/aromatic N) is 2. The molecular weight excluding hydrogens is 228 g/mol. The quantitative estimate of drug-likeness (QED) is 0.844. The number of hydrogen-bond donors (Lipinski definition) is 2. The van der Waals surface area contributed by atoms with E-state index in [1.807, 2.05) is 0 Å². The van der Waals surface area contributed by atoms with Gasteiger partial charge in [-0.15, -0.1) is 0 Å². The van der Waals surface area contributed by atoms with Crippen molar-refractivity contribution in [3.8, 4) is 0 Å². The van der Waals surface area contributed by atoms with Gasteiger partial charge < -0.3 is 15.8 Å². The SMILES string of the molecule is CC1(CNc2ncnc(N)c2Cl)CCCO1. The lowest BCUT2D eigenvalue weighted by molar-refractivity contribution is 0.0315. The first-order chi connectivity index (χ1) is 7.61. The van der Waals surface area contributed by atoms with Gasteiger partial charge in [-0.1, -0.05) is 11.6 Å². The van der Waals surface area contributed by atoms with Gasteiger partial charge in [0.05, 0.1) is 5.60 Å². The molecule has 5 nitrogen and oxygen atoms in total. The first-order valence-corrected chi connectivity index (χ1v) is 5.62. The van der Waals surface area contributed by atoms with E-state index in [1.54, 1.807) is 0 Å². The number of rotatable bonds is 3. The van der Waals surface area contributed by atoms with Crippen molar-refractivity contribution in [1.29, 1.82) is 0 Å². The monoisotopic (exact) mass is 242 g/mol. The molecule has 0 saturated carbocycles. The van der Waals surface area contributed by atoms with Crippen LogP contribution in [0.3, 0.4) is 0 Å². The summed E-state index contributed by atoms with van der Waals surface area (Å²) >= 11 is 5.97. The Morgan fingerprint density at radius 3 is 3.12 bits per heavy atom. The number of nitrogens with two attached hydrogens (primary N) is 1. The summed E-state index contributed by atoms with van der Waals surface area (Å²) in [6, 6.07) is 0. The molecule has 2 rings (SSSR count). The Kier molecular flexibility index (Phi) is 3.16. The van der Waals surface area contributed by atoms with Gasteiger partial charge in [-0.3, -0.25) is 0 Å². The largest absolute Gasteiger partial charge is 0.382 e. The van der Waals surface area contributed by atoms with Crippen molar-refractivity contribution in [3.05, 3.63) is 11.3 Å². The summed E-state index contributed by atoms with van der Waals surface area (Å²) in [5, 5.41) is 3.51. The first kappa shape index (κ1) is 11.4. The van der Waals surface area contributed by atoms with Gasteiger partial charge in [0.1, 0.15) is 17.2 Å². The Balaban J connectivity index is 2.02. The molecule has 0 aromatic carbocycles. The predicted molar refractivity (Wildman–Crippen MR) is 63.5 cm³/mol. The Morgan fingerprint density at radius 1 is 1.62 bits per heavy atom. The maximum atomic E-state index is 5.97. The average Bonchev–Trinajstić information content (AvgIpc) is 2.68. The van der Waals surface area contributed by atoms with Crippen LogP contribution in [0.5, 0.6) is 0 Å². The van der Waals surface area contributed by atoms with Crippen molar-refractivity contribution in [2.75, 3.05) is 24.2 Å². The molecule has 1 unspecified atom stereocenters. The molecule has 88 valence electrons. The predicted octanol–water partition coefficient (Wildman–Crippen LogP) is 1.69. The number of anilines is 2. The van der Waals surface area contributed by atoms with Gasteiger partial charge in [-0.05, 0) is 19.8 Å². The summed E-state index contributed by atoms with van der Waals surface area (Å²) in [4.78, 5) is 7.84. The van der Waals surface area contributed by atoms with Crippen LogP contribution in [0.1, 0.15) is 19.8 Å². The van der Waals surface area contributed by atoms with E-state index >= 15 is 0 Å². The highest BCUT2D eigenvalue weighted by Crippen LogP contribution is 2.27. The van der Waals surface area contributed by atoms with Crippen molar-refractivity contribution in [2.45, 2.75) is 25.4 Å². The van der Waals surface area contributed by atoms with Crippen LogP contribution in [0.15, 0.2) is 6.33 Å². The fourth-order valence-corrected chi connectivity index (χ4v) is 1.92. The highest BCUT2D eigenvalue weighted by molar-refractivity contribution is 6.35. The zero-order valence-corrected chi connectivity index (χ0v) is 9.92. The number of nitrogens with one attached hydrogen (secondary N) is 1. The van der Waals surface area contributed by atoms with Crippen LogP contribution < -0.4 is 11.1 Å². The van der Waals surface area contributed by atoms with Crippen molar-refractivity contribution in [2.24, 2.45) is 0 Å². The Labute approximate surface area is 99.4 Å². The first-order valence-electron chi connectivity index (χ1n) is 5.24. The second kappa shape index (κ2) is 4.43.